The molecule has 98 valence electrons. The van der Waals surface area contributed by atoms with Crippen LogP contribution in [0.15, 0.2) is 0 Å². The first kappa shape index (κ1) is 12.8. The zero-order chi connectivity index (χ0) is 12.3. The number of carbonyl (C=O) groups is 1. The molecule has 2 unspecified atom stereocenters. The van der Waals surface area contributed by atoms with E-state index in [-0.39, 0.29) is 30.8 Å². The zero-order valence-corrected chi connectivity index (χ0v) is 10.4. The molecule has 2 rings (SSSR count). The highest BCUT2D eigenvalue weighted by Crippen LogP contribution is 2.15. The fraction of sp³-hybridized carbons (Fsp3) is 0.917. The molecule has 17 heavy (non-hydrogen) atoms. The normalized spacial score (nSPS) is 34.7. The number of piperidine rings is 1. The summed E-state index contributed by atoms with van der Waals surface area (Å²) in [6, 6.07) is -0.0339. The van der Waals surface area contributed by atoms with Crippen molar-refractivity contribution in [1.29, 1.82) is 0 Å². The summed E-state index contributed by atoms with van der Waals surface area (Å²) >= 11 is 0. The maximum Gasteiger partial charge on any atom is 0.239 e. The molecule has 3 atom stereocenters. The summed E-state index contributed by atoms with van der Waals surface area (Å²) < 4.78 is 5.54. The van der Waals surface area contributed by atoms with Gasteiger partial charge in [0.25, 0.3) is 0 Å². The number of carbonyl (C=O) groups excluding carboxylic acids is 1. The van der Waals surface area contributed by atoms with Crippen molar-refractivity contribution in [3.05, 3.63) is 0 Å². The van der Waals surface area contributed by atoms with Crippen LogP contribution < -0.4 is 5.32 Å². The first-order chi connectivity index (χ1) is 8.20. The molecular formula is C12H22N2O3. The monoisotopic (exact) mass is 242 g/mol. The van der Waals surface area contributed by atoms with E-state index in [1.807, 2.05) is 11.8 Å². The van der Waals surface area contributed by atoms with Crippen molar-refractivity contribution >= 4 is 5.91 Å². The van der Waals surface area contributed by atoms with Crippen molar-refractivity contribution in [1.82, 2.24) is 10.2 Å². The Hall–Kier alpha value is -0.650. The third-order valence-electron chi connectivity index (χ3n) is 3.45. The van der Waals surface area contributed by atoms with Gasteiger partial charge in [-0.1, -0.05) is 6.42 Å². The summed E-state index contributed by atoms with van der Waals surface area (Å²) in [5, 5.41) is 12.4. The third-order valence-corrected chi connectivity index (χ3v) is 3.45. The molecule has 2 aliphatic heterocycles. The third kappa shape index (κ3) is 3.18. The van der Waals surface area contributed by atoms with Crippen molar-refractivity contribution in [2.45, 2.75) is 44.4 Å². The zero-order valence-electron chi connectivity index (χ0n) is 10.4. The van der Waals surface area contributed by atoms with Crippen LogP contribution in [0.5, 0.6) is 0 Å². The van der Waals surface area contributed by atoms with Crippen molar-refractivity contribution < 1.29 is 14.6 Å². The Morgan fingerprint density at radius 1 is 1.47 bits per heavy atom. The highest BCUT2D eigenvalue weighted by molar-refractivity contribution is 5.82. The molecule has 0 radical (unpaired) electrons. The van der Waals surface area contributed by atoms with E-state index in [1.165, 1.54) is 0 Å². The SMILES string of the molecule is CC1CN(C(=O)[C@@H]2CCCCN2)CC(CO)O1. The van der Waals surface area contributed by atoms with Crippen LogP contribution in [0.2, 0.25) is 0 Å². The topological polar surface area (TPSA) is 61.8 Å². The number of aliphatic hydroxyl groups is 1. The van der Waals surface area contributed by atoms with Gasteiger partial charge in [0.1, 0.15) is 0 Å². The summed E-state index contributed by atoms with van der Waals surface area (Å²) in [4.78, 5) is 14.1. The number of rotatable bonds is 2. The fourth-order valence-corrected chi connectivity index (χ4v) is 2.61. The number of nitrogens with zero attached hydrogens (tertiary/aromatic N) is 1. The van der Waals surface area contributed by atoms with Crippen LogP contribution in [0.3, 0.4) is 0 Å². The van der Waals surface area contributed by atoms with Gasteiger partial charge in [0.05, 0.1) is 24.9 Å². The average molecular weight is 242 g/mol. The largest absolute Gasteiger partial charge is 0.394 e. The summed E-state index contributed by atoms with van der Waals surface area (Å²) in [5.74, 6) is 0.165. The van der Waals surface area contributed by atoms with Crippen molar-refractivity contribution in [2.24, 2.45) is 0 Å². The van der Waals surface area contributed by atoms with Gasteiger partial charge in [0, 0.05) is 13.1 Å². The van der Waals surface area contributed by atoms with Gasteiger partial charge in [-0.25, -0.2) is 0 Å². The van der Waals surface area contributed by atoms with Gasteiger partial charge in [-0.15, -0.1) is 0 Å². The number of morpholine rings is 1. The minimum atomic E-state index is -0.230. The quantitative estimate of drug-likeness (QED) is 0.700. The second-order valence-corrected chi connectivity index (χ2v) is 5.00. The van der Waals surface area contributed by atoms with Gasteiger partial charge in [0.2, 0.25) is 5.91 Å². The highest BCUT2D eigenvalue weighted by atomic mass is 16.5. The molecule has 0 spiro atoms. The number of ether oxygens (including phenoxy) is 1. The Labute approximate surface area is 102 Å². The van der Waals surface area contributed by atoms with Gasteiger partial charge in [0.15, 0.2) is 0 Å². The minimum absolute atomic E-state index is 0.00782. The molecular weight excluding hydrogens is 220 g/mol. The van der Waals surface area contributed by atoms with Crippen LogP contribution in [0.4, 0.5) is 0 Å². The van der Waals surface area contributed by atoms with Crippen LogP contribution in [0.25, 0.3) is 0 Å². The molecule has 2 aliphatic rings. The maximum absolute atomic E-state index is 12.3. The number of amides is 1. The number of aliphatic hydroxyl groups excluding tert-OH is 1. The van der Waals surface area contributed by atoms with E-state index < -0.39 is 0 Å². The standard InChI is InChI=1S/C12H22N2O3/c1-9-6-14(7-10(8-15)17-9)12(16)11-4-2-3-5-13-11/h9-11,13,15H,2-8H2,1H3/t9?,10?,11-/m0/s1. The van der Waals surface area contributed by atoms with Crippen molar-refractivity contribution in [3.8, 4) is 0 Å². The lowest BCUT2D eigenvalue weighted by atomic mass is 10.0. The molecule has 2 heterocycles. The minimum Gasteiger partial charge on any atom is -0.394 e. The summed E-state index contributed by atoms with van der Waals surface area (Å²) in [6.07, 6.45) is 2.98. The average Bonchev–Trinajstić information content (AvgIpc) is 2.38. The van der Waals surface area contributed by atoms with E-state index in [9.17, 15) is 4.79 Å². The Bertz CT molecular complexity index is 266. The van der Waals surface area contributed by atoms with E-state index in [1.54, 1.807) is 0 Å². The van der Waals surface area contributed by atoms with Gasteiger partial charge in [-0.2, -0.15) is 0 Å². The number of hydrogen-bond donors (Lipinski definition) is 2. The van der Waals surface area contributed by atoms with E-state index in [0.29, 0.717) is 13.1 Å². The lowest BCUT2D eigenvalue weighted by Gasteiger charge is -2.38. The molecule has 2 saturated heterocycles. The molecule has 0 aromatic rings. The number of nitrogens with one attached hydrogen (secondary N) is 1. The smallest absolute Gasteiger partial charge is 0.239 e. The first-order valence-electron chi connectivity index (χ1n) is 6.49. The molecule has 2 fully saturated rings. The summed E-state index contributed by atoms with van der Waals surface area (Å²) in [7, 11) is 0. The Morgan fingerprint density at radius 2 is 2.29 bits per heavy atom. The predicted octanol–water partition coefficient (Wildman–Crippen LogP) is -0.263. The van der Waals surface area contributed by atoms with Gasteiger partial charge in [-0.3, -0.25) is 4.79 Å². The summed E-state index contributed by atoms with van der Waals surface area (Å²) in [6.45, 7) is 3.99. The van der Waals surface area contributed by atoms with Crippen LogP contribution in [0, 0.1) is 0 Å². The van der Waals surface area contributed by atoms with Crippen LogP contribution in [-0.4, -0.2) is 60.4 Å². The van der Waals surface area contributed by atoms with Gasteiger partial charge in [-0.05, 0) is 26.3 Å². The molecule has 2 N–H and O–H groups in total. The molecule has 5 heteroatoms. The molecule has 0 saturated carbocycles. The van der Waals surface area contributed by atoms with E-state index in [0.717, 1.165) is 25.8 Å². The second kappa shape index (κ2) is 5.80. The molecule has 0 aromatic heterocycles. The van der Waals surface area contributed by atoms with Crippen LogP contribution >= 0.6 is 0 Å². The van der Waals surface area contributed by atoms with E-state index in [4.69, 9.17) is 9.84 Å². The van der Waals surface area contributed by atoms with Crippen LogP contribution in [-0.2, 0) is 9.53 Å². The molecule has 0 aromatic carbocycles. The van der Waals surface area contributed by atoms with Crippen LogP contribution in [0.1, 0.15) is 26.2 Å². The van der Waals surface area contributed by atoms with Crippen molar-refractivity contribution in [2.75, 3.05) is 26.2 Å². The molecule has 1 amide bonds. The maximum atomic E-state index is 12.3. The molecule has 0 bridgehead atoms. The Balaban J connectivity index is 1.93. The van der Waals surface area contributed by atoms with E-state index >= 15 is 0 Å². The van der Waals surface area contributed by atoms with Gasteiger partial charge < -0.3 is 20.1 Å². The lowest BCUT2D eigenvalue weighted by Crippen LogP contribution is -2.56. The number of hydrogen-bond acceptors (Lipinski definition) is 4. The predicted molar refractivity (Wildman–Crippen MR) is 63.6 cm³/mol. The second-order valence-electron chi connectivity index (χ2n) is 5.00. The van der Waals surface area contributed by atoms with Gasteiger partial charge >= 0.3 is 0 Å². The highest BCUT2D eigenvalue weighted by Gasteiger charge is 2.32. The summed E-state index contributed by atoms with van der Waals surface area (Å²) in [5.41, 5.74) is 0. The fourth-order valence-electron chi connectivity index (χ4n) is 2.61. The Kier molecular flexibility index (Phi) is 4.36. The first-order valence-corrected chi connectivity index (χ1v) is 6.49. The Morgan fingerprint density at radius 3 is 2.94 bits per heavy atom. The van der Waals surface area contributed by atoms with Crippen molar-refractivity contribution in [3.63, 3.8) is 0 Å². The molecule has 0 aliphatic carbocycles. The molecule has 5 nitrogen and oxygen atoms in total. The van der Waals surface area contributed by atoms with E-state index in [2.05, 4.69) is 5.32 Å². The lowest BCUT2D eigenvalue weighted by molar-refractivity contribution is -0.149.